The molecule has 0 saturated carbocycles. The summed E-state index contributed by atoms with van der Waals surface area (Å²) in [6.07, 6.45) is 0.892. The van der Waals surface area contributed by atoms with Crippen LogP contribution in [0.3, 0.4) is 0 Å². The number of rotatable bonds is 4. The van der Waals surface area contributed by atoms with E-state index >= 15 is 0 Å². The molecule has 1 atom stereocenters. The van der Waals surface area contributed by atoms with Crippen LogP contribution in [0, 0.1) is 5.41 Å². The molecule has 1 aromatic carbocycles. The zero-order valence-electron chi connectivity index (χ0n) is 17.7. The number of halogens is 1. The third kappa shape index (κ3) is 4.06. The monoisotopic (exact) mass is 485 g/mol. The maximum atomic E-state index is 13.2. The highest BCUT2D eigenvalue weighted by Gasteiger charge is 2.46. The minimum absolute atomic E-state index is 0.0470. The number of nitrogens with two attached hydrogens (primary N) is 1. The van der Waals surface area contributed by atoms with Gasteiger partial charge in [0.2, 0.25) is 5.88 Å². The molecular weight excluding hydrogens is 462 g/mol. The molecule has 0 amide bonds. The summed E-state index contributed by atoms with van der Waals surface area (Å²) < 4.78 is 18.1. The summed E-state index contributed by atoms with van der Waals surface area (Å²) in [7, 11) is 0. The fourth-order valence-corrected chi connectivity index (χ4v) is 4.42. The van der Waals surface area contributed by atoms with Crippen LogP contribution in [0.15, 0.2) is 68.1 Å². The highest BCUT2D eigenvalue weighted by molar-refractivity contribution is 9.10. The normalized spacial score (nSPS) is 20.4. The van der Waals surface area contributed by atoms with Gasteiger partial charge >= 0.3 is 5.97 Å². The van der Waals surface area contributed by atoms with E-state index in [2.05, 4.69) is 15.9 Å². The van der Waals surface area contributed by atoms with Crippen LogP contribution in [0.1, 0.15) is 45.3 Å². The molecule has 0 radical (unpaired) electrons. The minimum atomic E-state index is -0.768. The van der Waals surface area contributed by atoms with E-state index in [4.69, 9.17) is 19.6 Å². The maximum absolute atomic E-state index is 13.2. The molecule has 2 aromatic rings. The van der Waals surface area contributed by atoms with E-state index in [0.29, 0.717) is 35.7 Å². The molecule has 1 aliphatic carbocycles. The molecule has 162 valence electrons. The van der Waals surface area contributed by atoms with Gasteiger partial charge in [0.05, 0.1) is 12.5 Å². The lowest BCUT2D eigenvalue weighted by molar-refractivity contribution is -0.139. The Kier molecular flexibility index (Phi) is 5.56. The Hall–Kier alpha value is -2.80. The Morgan fingerprint density at radius 3 is 2.58 bits per heavy atom. The van der Waals surface area contributed by atoms with Crippen molar-refractivity contribution in [3.05, 3.63) is 69.4 Å². The minimum Gasteiger partial charge on any atom is -0.462 e. The molecule has 0 fully saturated rings. The van der Waals surface area contributed by atoms with Gasteiger partial charge in [-0.2, -0.15) is 0 Å². The zero-order valence-corrected chi connectivity index (χ0v) is 19.2. The Labute approximate surface area is 189 Å². The summed E-state index contributed by atoms with van der Waals surface area (Å²) >= 11 is 3.43. The van der Waals surface area contributed by atoms with Gasteiger partial charge in [0.1, 0.15) is 22.9 Å². The topological polar surface area (TPSA) is 91.8 Å². The highest BCUT2D eigenvalue weighted by Crippen LogP contribution is 2.49. The largest absolute Gasteiger partial charge is 0.462 e. The summed E-state index contributed by atoms with van der Waals surface area (Å²) in [6, 6.07) is 11.3. The molecule has 31 heavy (non-hydrogen) atoms. The van der Waals surface area contributed by atoms with Crippen LogP contribution in [-0.4, -0.2) is 18.4 Å². The summed E-state index contributed by atoms with van der Waals surface area (Å²) in [4.78, 5) is 26.0. The van der Waals surface area contributed by atoms with Crippen LogP contribution in [0.2, 0.25) is 0 Å². The van der Waals surface area contributed by atoms with E-state index in [0.717, 1.165) is 10.0 Å². The number of ketones is 1. The Bertz CT molecular complexity index is 1110. The van der Waals surface area contributed by atoms with E-state index in [1.807, 2.05) is 44.2 Å². The number of carbonyl (C=O) groups is 2. The van der Waals surface area contributed by atoms with E-state index in [1.54, 1.807) is 13.0 Å². The average Bonchev–Trinajstić information content (AvgIpc) is 3.16. The van der Waals surface area contributed by atoms with Crippen molar-refractivity contribution in [2.24, 2.45) is 11.1 Å². The predicted octanol–water partition coefficient (Wildman–Crippen LogP) is 5.20. The number of Topliss-reactive ketones (excluding diaryl/α,β-unsaturated/α-hetero) is 1. The van der Waals surface area contributed by atoms with E-state index in [9.17, 15) is 9.59 Å². The Balaban J connectivity index is 1.83. The van der Waals surface area contributed by atoms with Gasteiger partial charge in [-0.15, -0.1) is 0 Å². The number of hydrogen-bond donors (Lipinski definition) is 1. The smallest absolute Gasteiger partial charge is 0.340 e. The van der Waals surface area contributed by atoms with Gasteiger partial charge in [-0.3, -0.25) is 4.79 Å². The van der Waals surface area contributed by atoms with Crippen LogP contribution in [0.4, 0.5) is 0 Å². The van der Waals surface area contributed by atoms with Crippen LogP contribution in [0.25, 0.3) is 11.3 Å². The SMILES string of the molecule is CCOC(=O)C1=C(N)OC2=C(C(=O)CC(C)(C)C2)C1c1ccc(-c2ccc(Br)cc2)o1. The van der Waals surface area contributed by atoms with Gasteiger partial charge in [0, 0.05) is 28.5 Å². The number of esters is 1. The third-order valence-corrected chi connectivity index (χ3v) is 6.02. The first-order chi connectivity index (χ1) is 14.7. The molecule has 2 N–H and O–H groups in total. The summed E-state index contributed by atoms with van der Waals surface area (Å²) in [5.74, 6) is 0.0699. The molecule has 1 aliphatic heterocycles. The molecular formula is C24H24BrNO5. The first-order valence-corrected chi connectivity index (χ1v) is 11.0. The van der Waals surface area contributed by atoms with Crippen molar-refractivity contribution in [3.8, 4) is 11.3 Å². The van der Waals surface area contributed by atoms with Crippen molar-refractivity contribution in [3.63, 3.8) is 0 Å². The van der Waals surface area contributed by atoms with E-state index in [1.165, 1.54) is 0 Å². The third-order valence-electron chi connectivity index (χ3n) is 5.49. The molecule has 0 bridgehead atoms. The van der Waals surface area contributed by atoms with Gasteiger partial charge in [-0.05, 0) is 36.6 Å². The number of allylic oxidation sites excluding steroid dienone is 2. The first-order valence-electron chi connectivity index (χ1n) is 10.2. The Morgan fingerprint density at radius 1 is 1.19 bits per heavy atom. The van der Waals surface area contributed by atoms with Crippen molar-refractivity contribution in [2.45, 2.75) is 39.5 Å². The fraction of sp³-hybridized carbons (Fsp3) is 0.333. The lowest BCUT2D eigenvalue weighted by atomic mass is 9.71. The number of hydrogen-bond acceptors (Lipinski definition) is 6. The molecule has 2 heterocycles. The van der Waals surface area contributed by atoms with Crippen LogP contribution in [-0.2, 0) is 19.1 Å². The average molecular weight is 486 g/mol. The molecule has 0 spiro atoms. The molecule has 1 unspecified atom stereocenters. The number of benzene rings is 1. The van der Waals surface area contributed by atoms with Crippen LogP contribution < -0.4 is 5.73 Å². The van der Waals surface area contributed by atoms with Gasteiger partial charge in [0.15, 0.2) is 5.78 Å². The second-order valence-electron chi connectivity index (χ2n) is 8.52. The lowest BCUT2D eigenvalue weighted by Gasteiger charge is -2.37. The van der Waals surface area contributed by atoms with Gasteiger partial charge in [-0.25, -0.2) is 4.79 Å². The van der Waals surface area contributed by atoms with Gasteiger partial charge in [-0.1, -0.05) is 41.9 Å². The highest BCUT2D eigenvalue weighted by atomic mass is 79.9. The second kappa shape index (κ2) is 8.04. The van der Waals surface area contributed by atoms with Gasteiger partial charge < -0.3 is 19.6 Å². The first kappa shape index (κ1) is 21.4. The molecule has 7 heteroatoms. The molecule has 4 rings (SSSR count). The summed E-state index contributed by atoms with van der Waals surface area (Å²) in [5.41, 5.74) is 7.32. The number of ether oxygens (including phenoxy) is 2. The Morgan fingerprint density at radius 2 is 1.90 bits per heavy atom. The van der Waals surface area contributed by atoms with Gasteiger partial charge in [0.25, 0.3) is 0 Å². The van der Waals surface area contributed by atoms with E-state index < -0.39 is 11.9 Å². The van der Waals surface area contributed by atoms with Crippen molar-refractivity contribution in [2.75, 3.05) is 6.61 Å². The lowest BCUT2D eigenvalue weighted by Crippen LogP contribution is -2.35. The van der Waals surface area contributed by atoms with Crippen molar-refractivity contribution in [1.82, 2.24) is 0 Å². The second-order valence-corrected chi connectivity index (χ2v) is 9.44. The quantitative estimate of drug-likeness (QED) is 0.598. The molecule has 2 aliphatic rings. The van der Waals surface area contributed by atoms with Crippen molar-refractivity contribution >= 4 is 27.7 Å². The van der Waals surface area contributed by atoms with E-state index in [-0.39, 0.29) is 29.3 Å². The zero-order chi connectivity index (χ0) is 22.3. The maximum Gasteiger partial charge on any atom is 0.340 e. The van der Waals surface area contributed by atoms with Crippen molar-refractivity contribution in [1.29, 1.82) is 0 Å². The standard InChI is InChI=1S/C24H24BrNO5/c1-4-29-23(28)21-20(17-10-9-16(30-17)13-5-7-14(25)8-6-13)19-15(27)11-24(2,3)12-18(19)31-22(21)26/h5-10,20H,4,11-12,26H2,1-3H3. The summed E-state index contributed by atoms with van der Waals surface area (Å²) in [5, 5.41) is 0. The van der Waals surface area contributed by atoms with Crippen LogP contribution in [0.5, 0.6) is 0 Å². The summed E-state index contributed by atoms with van der Waals surface area (Å²) in [6.45, 7) is 5.90. The van der Waals surface area contributed by atoms with Crippen LogP contribution >= 0.6 is 15.9 Å². The molecule has 1 aromatic heterocycles. The fourth-order valence-electron chi connectivity index (χ4n) is 4.15. The number of furan rings is 1. The predicted molar refractivity (Wildman–Crippen MR) is 119 cm³/mol. The van der Waals surface area contributed by atoms with Crippen molar-refractivity contribution < 1.29 is 23.5 Å². The molecule has 0 saturated heterocycles. The molecule has 6 nitrogen and oxygen atoms in total. The number of carbonyl (C=O) groups excluding carboxylic acids is 2.